The van der Waals surface area contributed by atoms with E-state index in [9.17, 15) is 22.4 Å². The lowest BCUT2D eigenvalue weighted by atomic mass is 10.1. The monoisotopic (exact) mass is 268 g/mol. The van der Waals surface area contributed by atoms with Gasteiger partial charge in [0.15, 0.2) is 23.3 Å². The van der Waals surface area contributed by atoms with Crippen LogP contribution in [0.4, 0.5) is 17.6 Å². The van der Waals surface area contributed by atoms with Crippen molar-refractivity contribution in [3.8, 4) is 0 Å². The number of thioether (sulfide) groups is 1. The van der Waals surface area contributed by atoms with E-state index >= 15 is 0 Å². The molecule has 0 atom stereocenters. The summed E-state index contributed by atoms with van der Waals surface area (Å²) in [6.45, 7) is 0. The fourth-order valence-electron chi connectivity index (χ4n) is 1.23. The molecule has 0 amide bonds. The van der Waals surface area contributed by atoms with Crippen molar-refractivity contribution < 1.29 is 27.1 Å². The summed E-state index contributed by atoms with van der Waals surface area (Å²) in [6, 6.07) is 0. The molecule has 1 aromatic carbocycles. The third-order valence-corrected chi connectivity index (χ3v) is 2.61. The largest absolute Gasteiger partial charge is 0.465 e. The number of esters is 1. The Kier molecular flexibility index (Phi) is 4.39. The third kappa shape index (κ3) is 2.38. The highest BCUT2D eigenvalue weighted by Crippen LogP contribution is 2.26. The molecule has 0 aliphatic heterocycles. The fraction of sp³-hybridized carbons (Fsp3) is 0.300. The maximum atomic E-state index is 13.4. The number of hydrogen-bond acceptors (Lipinski definition) is 3. The molecule has 0 unspecified atom stereocenters. The smallest absolute Gasteiger partial charge is 0.344 e. The van der Waals surface area contributed by atoms with Crippen molar-refractivity contribution in [2.75, 3.05) is 13.4 Å². The normalized spacial score (nSPS) is 10.5. The van der Waals surface area contributed by atoms with Crippen LogP contribution in [-0.2, 0) is 10.5 Å². The van der Waals surface area contributed by atoms with Gasteiger partial charge in [0.1, 0.15) is 5.56 Å². The standard InChI is InChI=1S/C10H8F4O2S/c1-16-10(15)5-8(13)6(11)4(3-17-2)7(12)9(5)14/h3H2,1-2H3. The zero-order chi connectivity index (χ0) is 13.2. The van der Waals surface area contributed by atoms with Gasteiger partial charge in [0.25, 0.3) is 0 Å². The minimum Gasteiger partial charge on any atom is -0.465 e. The number of methoxy groups -OCH3 is 1. The number of halogens is 4. The predicted octanol–water partition coefficient (Wildman–Crippen LogP) is 2.89. The molecular formula is C10H8F4O2S. The lowest BCUT2D eigenvalue weighted by molar-refractivity contribution is 0.0586. The van der Waals surface area contributed by atoms with Crippen molar-refractivity contribution >= 4 is 17.7 Å². The van der Waals surface area contributed by atoms with E-state index in [2.05, 4.69) is 4.74 Å². The maximum absolute atomic E-state index is 13.4. The highest BCUT2D eigenvalue weighted by molar-refractivity contribution is 7.97. The van der Waals surface area contributed by atoms with Gasteiger partial charge in [-0.3, -0.25) is 0 Å². The molecule has 17 heavy (non-hydrogen) atoms. The quantitative estimate of drug-likeness (QED) is 0.479. The fourth-order valence-corrected chi connectivity index (χ4v) is 1.77. The molecule has 0 saturated heterocycles. The van der Waals surface area contributed by atoms with Gasteiger partial charge in [0.05, 0.1) is 7.11 Å². The van der Waals surface area contributed by atoms with E-state index in [4.69, 9.17) is 0 Å². The van der Waals surface area contributed by atoms with Crippen molar-refractivity contribution in [2.45, 2.75) is 5.75 Å². The second-order valence-corrected chi connectivity index (χ2v) is 3.90. The molecule has 0 radical (unpaired) electrons. The van der Waals surface area contributed by atoms with Crippen LogP contribution in [-0.4, -0.2) is 19.3 Å². The summed E-state index contributed by atoms with van der Waals surface area (Å²) in [6.07, 6.45) is 1.52. The van der Waals surface area contributed by atoms with Crippen LogP contribution in [0.3, 0.4) is 0 Å². The lowest BCUT2D eigenvalue weighted by Gasteiger charge is -2.09. The number of rotatable bonds is 3. The summed E-state index contributed by atoms with van der Waals surface area (Å²) in [4.78, 5) is 11.0. The second kappa shape index (κ2) is 5.39. The molecule has 0 N–H and O–H groups in total. The minimum absolute atomic E-state index is 0.243. The zero-order valence-corrected chi connectivity index (χ0v) is 9.76. The SMILES string of the molecule is COC(=O)c1c(F)c(F)c(CSC)c(F)c1F. The Hall–Kier alpha value is -1.24. The molecule has 0 aromatic heterocycles. The van der Waals surface area contributed by atoms with Crippen LogP contribution in [0.2, 0.25) is 0 Å². The molecule has 94 valence electrons. The molecule has 7 heteroatoms. The molecule has 1 aromatic rings. The van der Waals surface area contributed by atoms with Gasteiger partial charge in [-0.2, -0.15) is 11.8 Å². The molecule has 0 fully saturated rings. The number of hydrogen-bond donors (Lipinski definition) is 0. The van der Waals surface area contributed by atoms with Crippen LogP contribution in [0, 0.1) is 23.3 Å². The van der Waals surface area contributed by atoms with Crippen LogP contribution in [0.25, 0.3) is 0 Å². The summed E-state index contributed by atoms with van der Waals surface area (Å²) in [5, 5.41) is 0. The summed E-state index contributed by atoms with van der Waals surface area (Å²) in [5.74, 6) is -8.32. The van der Waals surface area contributed by atoms with Crippen molar-refractivity contribution in [1.29, 1.82) is 0 Å². The van der Waals surface area contributed by atoms with E-state index in [0.717, 1.165) is 18.9 Å². The lowest BCUT2D eigenvalue weighted by Crippen LogP contribution is -2.14. The van der Waals surface area contributed by atoms with E-state index in [0.29, 0.717) is 0 Å². The Bertz CT molecular complexity index is 433. The van der Waals surface area contributed by atoms with Gasteiger partial charge in [-0.25, -0.2) is 22.4 Å². The first kappa shape index (κ1) is 13.8. The van der Waals surface area contributed by atoms with E-state index in [1.807, 2.05) is 0 Å². The highest BCUT2D eigenvalue weighted by Gasteiger charge is 2.29. The van der Waals surface area contributed by atoms with Gasteiger partial charge in [-0.15, -0.1) is 0 Å². The third-order valence-electron chi connectivity index (χ3n) is 2.03. The first-order chi connectivity index (χ1) is 7.95. The highest BCUT2D eigenvalue weighted by atomic mass is 32.2. The molecule has 2 nitrogen and oxygen atoms in total. The van der Waals surface area contributed by atoms with Gasteiger partial charge >= 0.3 is 5.97 Å². The Morgan fingerprint density at radius 2 is 1.59 bits per heavy atom. The van der Waals surface area contributed by atoms with Gasteiger partial charge < -0.3 is 4.74 Å². The summed E-state index contributed by atoms with van der Waals surface area (Å²) < 4.78 is 57.6. The average Bonchev–Trinajstić information content (AvgIpc) is 2.32. The first-order valence-corrected chi connectivity index (χ1v) is 5.77. The van der Waals surface area contributed by atoms with Crippen molar-refractivity contribution in [1.82, 2.24) is 0 Å². The Morgan fingerprint density at radius 3 is 1.94 bits per heavy atom. The van der Waals surface area contributed by atoms with Crippen LogP contribution in [0.1, 0.15) is 15.9 Å². The Morgan fingerprint density at radius 1 is 1.12 bits per heavy atom. The molecule has 0 heterocycles. The second-order valence-electron chi connectivity index (χ2n) is 3.03. The molecule has 0 aliphatic carbocycles. The number of ether oxygens (including phenoxy) is 1. The topological polar surface area (TPSA) is 26.3 Å². The molecule has 0 saturated carbocycles. The van der Waals surface area contributed by atoms with Crippen molar-refractivity contribution in [3.05, 3.63) is 34.4 Å². The Balaban J connectivity index is 3.52. The molecular weight excluding hydrogens is 260 g/mol. The van der Waals surface area contributed by atoms with Crippen LogP contribution in [0.15, 0.2) is 0 Å². The summed E-state index contributed by atoms with van der Waals surface area (Å²) in [7, 11) is 0.854. The first-order valence-electron chi connectivity index (χ1n) is 4.37. The molecule has 0 spiro atoms. The van der Waals surface area contributed by atoms with Crippen LogP contribution < -0.4 is 0 Å². The maximum Gasteiger partial charge on any atom is 0.344 e. The van der Waals surface area contributed by atoms with Gasteiger partial charge in [0.2, 0.25) is 0 Å². The Labute approximate surface area is 99.0 Å². The van der Waals surface area contributed by atoms with Crippen LogP contribution >= 0.6 is 11.8 Å². The van der Waals surface area contributed by atoms with Gasteiger partial charge in [0, 0.05) is 11.3 Å². The van der Waals surface area contributed by atoms with Gasteiger partial charge in [-0.1, -0.05) is 0 Å². The zero-order valence-electron chi connectivity index (χ0n) is 8.94. The molecule has 1 rings (SSSR count). The minimum atomic E-state index is -1.74. The number of benzene rings is 1. The molecule has 0 aliphatic rings. The van der Waals surface area contributed by atoms with E-state index in [1.54, 1.807) is 0 Å². The molecule has 0 bridgehead atoms. The van der Waals surface area contributed by atoms with Crippen molar-refractivity contribution in [3.63, 3.8) is 0 Å². The van der Waals surface area contributed by atoms with Gasteiger partial charge in [-0.05, 0) is 6.26 Å². The van der Waals surface area contributed by atoms with E-state index in [-0.39, 0.29) is 5.75 Å². The number of carbonyl (C=O) groups is 1. The predicted molar refractivity (Wildman–Crippen MR) is 54.8 cm³/mol. The average molecular weight is 268 g/mol. The summed E-state index contributed by atoms with van der Waals surface area (Å²) in [5.41, 5.74) is -2.09. The summed E-state index contributed by atoms with van der Waals surface area (Å²) >= 11 is 0.991. The van der Waals surface area contributed by atoms with Crippen molar-refractivity contribution in [2.24, 2.45) is 0 Å². The van der Waals surface area contributed by atoms with E-state index < -0.39 is 40.4 Å². The number of carbonyl (C=O) groups excluding carboxylic acids is 1. The van der Waals surface area contributed by atoms with E-state index in [1.165, 1.54) is 6.26 Å². The van der Waals surface area contributed by atoms with Crippen LogP contribution in [0.5, 0.6) is 0 Å².